The summed E-state index contributed by atoms with van der Waals surface area (Å²) >= 11 is 1.48. The lowest BCUT2D eigenvalue weighted by Crippen LogP contribution is -2.10. The summed E-state index contributed by atoms with van der Waals surface area (Å²) in [5.74, 6) is -0.0243. The maximum atomic E-state index is 13.3. The van der Waals surface area contributed by atoms with Crippen molar-refractivity contribution >= 4 is 17.1 Å². The van der Waals surface area contributed by atoms with E-state index in [0.717, 1.165) is 6.42 Å². The Kier molecular flexibility index (Phi) is 4.32. The molecule has 0 aliphatic rings. The predicted octanol–water partition coefficient (Wildman–Crippen LogP) is 4.02. The molecule has 0 atom stereocenters. The van der Waals surface area contributed by atoms with E-state index < -0.39 is 0 Å². The summed E-state index contributed by atoms with van der Waals surface area (Å²) < 4.78 is 18.6. The van der Waals surface area contributed by atoms with Crippen molar-refractivity contribution in [2.75, 3.05) is 6.61 Å². The summed E-state index contributed by atoms with van der Waals surface area (Å²) in [4.78, 5) is 13.7. The first-order valence-electron chi connectivity index (χ1n) is 6.11. The molecule has 0 spiro atoms. The number of ketones is 1. The second kappa shape index (κ2) is 5.97. The summed E-state index contributed by atoms with van der Waals surface area (Å²) in [7, 11) is 0. The average molecular weight is 278 g/mol. The third kappa shape index (κ3) is 3.41. The Balaban J connectivity index is 1.98. The van der Waals surface area contributed by atoms with Crippen LogP contribution in [-0.2, 0) is 6.42 Å². The zero-order chi connectivity index (χ0) is 13.8. The van der Waals surface area contributed by atoms with Crippen molar-refractivity contribution in [1.29, 1.82) is 0 Å². The molecule has 0 aliphatic heterocycles. The fraction of sp³-hybridized carbons (Fsp3) is 0.267. The monoisotopic (exact) mass is 278 g/mol. The Bertz CT molecular complexity index is 590. The molecule has 1 aromatic carbocycles. The van der Waals surface area contributed by atoms with Gasteiger partial charge in [-0.15, -0.1) is 11.3 Å². The zero-order valence-corrected chi connectivity index (χ0v) is 11.7. The lowest BCUT2D eigenvalue weighted by atomic mass is 10.2. The number of rotatable bonds is 5. The molecule has 0 saturated heterocycles. The molecule has 0 unspecified atom stereocenters. The molecule has 0 fully saturated rings. The molecule has 0 radical (unpaired) electrons. The van der Waals surface area contributed by atoms with Gasteiger partial charge in [-0.05, 0) is 37.1 Å². The molecule has 4 heteroatoms. The van der Waals surface area contributed by atoms with Crippen LogP contribution in [0, 0.1) is 12.7 Å². The highest BCUT2D eigenvalue weighted by atomic mass is 32.1. The SMILES string of the molecule is CCc1ccc(C(=O)COc2ccc(C)c(F)c2)s1. The van der Waals surface area contributed by atoms with Crippen molar-refractivity contribution in [3.8, 4) is 5.75 Å². The lowest BCUT2D eigenvalue weighted by molar-refractivity contribution is 0.0925. The van der Waals surface area contributed by atoms with E-state index in [4.69, 9.17) is 4.74 Å². The van der Waals surface area contributed by atoms with E-state index in [1.807, 2.05) is 19.1 Å². The number of aryl methyl sites for hydroxylation is 2. The Morgan fingerprint density at radius 3 is 2.74 bits per heavy atom. The third-order valence-electron chi connectivity index (χ3n) is 2.80. The number of carbonyl (C=O) groups excluding carboxylic acids is 1. The van der Waals surface area contributed by atoms with Gasteiger partial charge >= 0.3 is 0 Å². The maximum absolute atomic E-state index is 13.3. The third-order valence-corrected chi connectivity index (χ3v) is 4.07. The van der Waals surface area contributed by atoms with Crippen molar-refractivity contribution in [3.05, 3.63) is 51.5 Å². The number of benzene rings is 1. The van der Waals surface area contributed by atoms with Gasteiger partial charge in [-0.2, -0.15) is 0 Å². The van der Waals surface area contributed by atoms with Crippen LogP contribution in [0.2, 0.25) is 0 Å². The summed E-state index contributed by atoms with van der Waals surface area (Å²) in [6.07, 6.45) is 0.919. The highest BCUT2D eigenvalue weighted by Crippen LogP contribution is 2.19. The Labute approximate surface area is 115 Å². The van der Waals surface area contributed by atoms with E-state index in [0.29, 0.717) is 16.2 Å². The van der Waals surface area contributed by atoms with Crippen LogP contribution < -0.4 is 4.74 Å². The number of carbonyl (C=O) groups is 1. The summed E-state index contributed by atoms with van der Waals surface area (Å²) in [6, 6.07) is 8.36. The van der Waals surface area contributed by atoms with Crippen LogP contribution in [-0.4, -0.2) is 12.4 Å². The maximum Gasteiger partial charge on any atom is 0.210 e. The first kappa shape index (κ1) is 13.7. The normalized spacial score (nSPS) is 10.5. The van der Waals surface area contributed by atoms with E-state index >= 15 is 0 Å². The second-order valence-corrected chi connectivity index (χ2v) is 5.41. The van der Waals surface area contributed by atoms with Crippen LogP contribution in [0.3, 0.4) is 0 Å². The standard InChI is InChI=1S/C15H15FO2S/c1-3-12-6-7-15(19-12)14(17)9-18-11-5-4-10(2)13(16)8-11/h4-8H,3,9H2,1-2H3. The van der Waals surface area contributed by atoms with Gasteiger partial charge in [-0.3, -0.25) is 4.79 Å². The Morgan fingerprint density at radius 1 is 1.32 bits per heavy atom. The van der Waals surface area contributed by atoms with Crippen LogP contribution in [0.1, 0.15) is 27.0 Å². The first-order chi connectivity index (χ1) is 9.10. The van der Waals surface area contributed by atoms with Gasteiger partial charge in [0.15, 0.2) is 6.61 Å². The van der Waals surface area contributed by atoms with Crippen LogP contribution in [0.4, 0.5) is 4.39 Å². The number of hydrogen-bond acceptors (Lipinski definition) is 3. The molecule has 0 saturated carbocycles. The van der Waals surface area contributed by atoms with Crippen LogP contribution in [0.25, 0.3) is 0 Å². The molecule has 2 rings (SSSR count). The molecule has 19 heavy (non-hydrogen) atoms. The second-order valence-electron chi connectivity index (χ2n) is 4.24. The molecule has 0 N–H and O–H groups in total. The molecule has 0 bridgehead atoms. The number of ether oxygens (including phenoxy) is 1. The van der Waals surface area contributed by atoms with E-state index in [1.165, 1.54) is 22.3 Å². The molecular formula is C15H15FO2S. The molecule has 0 aliphatic carbocycles. The number of halogens is 1. The van der Waals surface area contributed by atoms with Gasteiger partial charge in [-0.25, -0.2) is 4.39 Å². The Morgan fingerprint density at radius 2 is 2.11 bits per heavy atom. The van der Waals surface area contributed by atoms with Crippen molar-refractivity contribution < 1.29 is 13.9 Å². The molecule has 1 aromatic heterocycles. The summed E-state index contributed by atoms with van der Waals surface area (Å²) in [5.41, 5.74) is 0.560. The number of Topliss-reactive ketones (excluding diaryl/α,β-unsaturated/α-hetero) is 1. The molecule has 100 valence electrons. The van der Waals surface area contributed by atoms with Crippen molar-refractivity contribution in [2.24, 2.45) is 0 Å². The van der Waals surface area contributed by atoms with Gasteiger partial charge in [0, 0.05) is 10.9 Å². The van der Waals surface area contributed by atoms with Gasteiger partial charge in [-0.1, -0.05) is 13.0 Å². The van der Waals surface area contributed by atoms with E-state index in [1.54, 1.807) is 19.1 Å². The largest absolute Gasteiger partial charge is 0.485 e. The smallest absolute Gasteiger partial charge is 0.210 e. The van der Waals surface area contributed by atoms with Crippen LogP contribution in [0.5, 0.6) is 5.75 Å². The minimum Gasteiger partial charge on any atom is -0.485 e. The lowest BCUT2D eigenvalue weighted by Gasteiger charge is -2.05. The van der Waals surface area contributed by atoms with Crippen molar-refractivity contribution in [3.63, 3.8) is 0 Å². The van der Waals surface area contributed by atoms with E-state index in [9.17, 15) is 9.18 Å². The van der Waals surface area contributed by atoms with Crippen LogP contribution in [0.15, 0.2) is 30.3 Å². The van der Waals surface area contributed by atoms with Gasteiger partial charge in [0.05, 0.1) is 4.88 Å². The fourth-order valence-electron chi connectivity index (χ4n) is 1.60. The van der Waals surface area contributed by atoms with Crippen molar-refractivity contribution in [1.82, 2.24) is 0 Å². The summed E-state index contributed by atoms with van der Waals surface area (Å²) in [5, 5.41) is 0. The van der Waals surface area contributed by atoms with Gasteiger partial charge < -0.3 is 4.74 Å². The van der Waals surface area contributed by atoms with Crippen molar-refractivity contribution in [2.45, 2.75) is 20.3 Å². The highest BCUT2D eigenvalue weighted by Gasteiger charge is 2.10. The van der Waals surface area contributed by atoms with Gasteiger partial charge in [0.1, 0.15) is 11.6 Å². The molecule has 1 heterocycles. The van der Waals surface area contributed by atoms with Crippen LogP contribution >= 0.6 is 11.3 Å². The van der Waals surface area contributed by atoms with Gasteiger partial charge in [0.25, 0.3) is 0 Å². The highest BCUT2D eigenvalue weighted by molar-refractivity contribution is 7.14. The summed E-state index contributed by atoms with van der Waals surface area (Å²) in [6.45, 7) is 3.67. The zero-order valence-electron chi connectivity index (χ0n) is 10.9. The average Bonchev–Trinajstić information content (AvgIpc) is 2.88. The minimum absolute atomic E-state index is 0.0633. The molecule has 0 amide bonds. The van der Waals surface area contributed by atoms with E-state index in [-0.39, 0.29) is 18.2 Å². The molecular weight excluding hydrogens is 263 g/mol. The molecule has 2 nitrogen and oxygen atoms in total. The number of thiophene rings is 1. The minimum atomic E-state index is -0.325. The topological polar surface area (TPSA) is 26.3 Å². The molecule has 2 aromatic rings. The fourth-order valence-corrected chi connectivity index (χ4v) is 2.47. The first-order valence-corrected chi connectivity index (χ1v) is 6.92. The quantitative estimate of drug-likeness (QED) is 0.772. The predicted molar refractivity (Wildman–Crippen MR) is 74.7 cm³/mol. The Hall–Kier alpha value is -1.68. The van der Waals surface area contributed by atoms with Gasteiger partial charge in [0.2, 0.25) is 5.78 Å². The number of hydrogen-bond donors (Lipinski definition) is 0. The van der Waals surface area contributed by atoms with E-state index in [2.05, 4.69) is 0 Å².